The van der Waals surface area contributed by atoms with E-state index in [1.807, 2.05) is 6.07 Å². The minimum absolute atomic E-state index is 0.0679. The Bertz CT molecular complexity index is 1290. The van der Waals surface area contributed by atoms with Gasteiger partial charge in [0.25, 0.3) is 17.7 Å². The van der Waals surface area contributed by atoms with E-state index >= 15 is 0 Å². The van der Waals surface area contributed by atoms with E-state index < -0.39 is 27.0 Å². The molecule has 1 aliphatic heterocycles. The summed E-state index contributed by atoms with van der Waals surface area (Å²) in [4.78, 5) is 41.8. The average Bonchev–Trinajstić information content (AvgIpc) is 3.46. The summed E-state index contributed by atoms with van der Waals surface area (Å²) >= 11 is 1.15. The standard InChI is InChI=1S/C25H25N3O6S2/c29-22(18-34-19-8-3-1-4-9-19)27-13-15-28(16-14-27)25(31)24(26-23(30)21-12-7-17-35-21)36(32,33)20-10-5-2-6-11-20/h1-12,17,24H,13-16,18H2,(H,26,30)/t24-/m0/s1. The van der Waals surface area contributed by atoms with E-state index in [0.717, 1.165) is 11.3 Å². The van der Waals surface area contributed by atoms with E-state index in [1.54, 1.807) is 64.9 Å². The van der Waals surface area contributed by atoms with Crippen LogP contribution in [0.3, 0.4) is 0 Å². The molecule has 1 atom stereocenters. The zero-order chi connectivity index (χ0) is 25.5. The molecule has 0 unspecified atom stereocenters. The molecule has 2 heterocycles. The first-order valence-electron chi connectivity index (χ1n) is 11.2. The highest BCUT2D eigenvalue weighted by Crippen LogP contribution is 2.19. The van der Waals surface area contributed by atoms with Gasteiger partial charge in [-0.05, 0) is 35.7 Å². The Morgan fingerprint density at radius 3 is 2.08 bits per heavy atom. The normalized spacial score (nSPS) is 14.7. The number of piperazine rings is 1. The number of nitrogens with one attached hydrogen (secondary N) is 1. The van der Waals surface area contributed by atoms with Crippen LogP contribution in [0.2, 0.25) is 0 Å². The molecule has 188 valence electrons. The van der Waals surface area contributed by atoms with Crippen molar-refractivity contribution < 1.29 is 27.5 Å². The number of nitrogens with zero attached hydrogens (tertiary/aromatic N) is 2. The number of carbonyl (C=O) groups is 3. The minimum atomic E-state index is -4.22. The lowest BCUT2D eigenvalue weighted by Crippen LogP contribution is -2.58. The van der Waals surface area contributed by atoms with Crippen LogP contribution >= 0.6 is 11.3 Å². The zero-order valence-corrected chi connectivity index (χ0v) is 20.9. The van der Waals surface area contributed by atoms with E-state index in [0.29, 0.717) is 10.6 Å². The molecule has 3 aromatic rings. The lowest BCUT2D eigenvalue weighted by Gasteiger charge is -2.36. The fraction of sp³-hybridized carbons (Fsp3) is 0.240. The number of para-hydroxylation sites is 1. The van der Waals surface area contributed by atoms with E-state index in [1.165, 1.54) is 17.0 Å². The SMILES string of the molecule is O=C(N[C@H](C(=O)N1CCN(C(=O)COc2ccccc2)CC1)S(=O)(=O)c1ccccc1)c1cccs1. The largest absolute Gasteiger partial charge is 0.484 e. The Morgan fingerprint density at radius 1 is 0.861 bits per heavy atom. The lowest BCUT2D eigenvalue weighted by molar-refractivity contribution is -0.140. The number of benzene rings is 2. The van der Waals surface area contributed by atoms with E-state index in [4.69, 9.17) is 4.74 Å². The van der Waals surface area contributed by atoms with Crippen LogP contribution in [0.1, 0.15) is 9.67 Å². The van der Waals surface area contributed by atoms with Crippen LogP contribution in [-0.4, -0.2) is 74.1 Å². The van der Waals surface area contributed by atoms with Gasteiger partial charge >= 0.3 is 0 Å². The van der Waals surface area contributed by atoms with Gasteiger partial charge in [0, 0.05) is 26.2 Å². The molecule has 3 amide bonds. The molecule has 1 aromatic heterocycles. The smallest absolute Gasteiger partial charge is 0.262 e. The number of hydrogen-bond acceptors (Lipinski definition) is 7. The second-order valence-electron chi connectivity index (χ2n) is 8.00. The molecule has 0 radical (unpaired) electrons. The third-order valence-electron chi connectivity index (χ3n) is 5.66. The predicted molar refractivity (Wildman–Crippen MR) is 134 cm³/mol. The maximum atomic E-state index is 13.4. The monoisotopic (exact) mass is 527 g/mol. The first kappa shape index (κ1) is 25.4. The van der Waals surface area contributed by atoms with Crippen LogP contribution in [0.4, 0.5) is 0 Å². The molecule has 0 saturated carbocycles. The number of hydrogen-bond donors (Lipinski definition) is 1. The van der Waals surface area contributed by atoms with Gasteiger partial charge in [-0.3, -0.25) is 14.4 Å². The third kappa shape index (κ3) is 5.92. The van der Waals surface area contributed by atoms with Crippen molar-refractivity contribution in [3.63, 3.8) is 0 Å². The zero-order valence-electron chi connectivity index (χ0n) is 19.3. The summed E-state index contributed by atoms with van der Waals surface area (Å²) in [6.07, 6.45) is 0. The van der Waals surface area contributed by atoms with Crippen LogP contribution in [0.15, 0.2) is 83.1 Å². The number of amides is 3. The molecule has 0 spiro atoms. The number of ether oxygens (including phenoxy) is 1. The van der Waals surface area contributed by atoms with Crippen LogP contribution in [-0.2, 0) is 19.4 Å². The summed E-state index contributed by atoms with van der Waals surface area (Å²) in [6.45, 7) is 0.566. The Labute approximate surface area is 213 Å². The summed E-state index contributed by atoms with van der Waals surface area (Å²) in [5.74, 6) is -1.04. The lowest BCUT2D eigenvalue weighted by atomic mass is 10.3. The summed E-state index contributed by atoms with van der Waals surface area (Å²) in [5.41, 5.74) is 0. The van der Waals surface area contributed by atoms with Gasteiger partial charge in [0.1, 0.15) is 5.75 Å². The molecule has 2 aromatic carbocycles. The quantitative estimate of drug-likeness (QED) is 0.480. The van der Waals surface area contributed by atoms with Gasteiger partial charge in [-0.25, -0.2) is 8.42 Å². The molecule has 1 aliphatic rings. The van der Waals surface area contributed by atoms with Gasteiger partial charge < -0.3 is 19.9 Å². The van der Waals surface area contributed by atoms with Crippen LogP contribution < -0.4 is 10.1 Å². The van der Waals surface area contributed by atoms with E-state index in [-0.39, 0.29) is 43.6 Å². The second kappa shape index (κ2) is 11.4. The van der Waals surface area contributed by atoms with Crippen LogP contribution in [0.5, 0.6) is 5.75 Å². The number of thiophene rings is 1. The molecule has 1 N–H and O–H groups in total. The fourth-order valence-corrected chi connectivity index (χ4v) is 5.82. The molecule has 1 saturated heterocycles. The Morgan fingerprint density at radius 2 is 1.47 bits per heavy atom. The molecular weight excluding hydrogens is 502 g/mol. The van der Waals surface area contributed by atoms with Crippen molar-refractivity contribution in [1.29, 1.82) is 0 Å². The molecule has 1 fully saturated rings. The summed E-state index contributed by atoms with van der Waals surface area (Å²) < 4.78 is 32.3. The summed E-state index contributed by atoms with van der Waals surface area (Å²) in [5, 5.41) is 2.32. The maximum Gasteiger partial charge on any atom is 0.262 e. The molecule has 4 rings (SSSR count). The molecule has 0 aliphatic carbocycles. The number of carbonyl (C=O) groups excluding carboxylic acids is 3. The van der Waals surface area contributed by atoms with Gasteiger partial charge in [-0.15, -0.1) is 11.3 Å². The van der Waals surface area contributed by atoms with Gasteiger partial charge in [0.15, 0.2) is 6.61 Å². The Balaban J connectivity index is 1.44. The van der Waals surface area contributed by atoms with Crippen LogP contribution in [0.25, 0.3) is 0 Å². The highest BCUT2D eigenvalue weighted by Gasteiger charge is 2.39. The van der Waals surface area contributed by atoms with Gasteiger partial charge in [-0.2, -0.15) is 0 Å². The molecule has 36 heavy (non-hydrogen) atoms. The molecule has 0 bridgehead atoms. The van der Waals surface area contributed by atoms with Gasteiger partial charge in [-0.1, -0.05) is 42.5 Å². The number of rotatable bonds is 8. The average molecular weight is 528 g/mol. The number of sulfone groups is 1. The van der Waals surface area contributed by atoms with E-state index in [2.05, 4.69) is 5.32 Å². The van der Waals surface area contributed by atoms with Crippen molar-refractivity contribution >= 4 is 38.9 Å². The summed E-state index contributed by atoms with van der Waals surface area (Å²) in [7, 11) is -4.22. The van der Waals surface area contributed by atoms with Crippen molar-refractivity contribution in [3.8, 4) is 5.75 Å². The second-order valence-corrected chi connectivity index (χ2v) is 11.0. The van der Waals surface area contributed by atoms with Crippen molar-refractivity contribution in [1.82, 2.24) is 15.1 Å². The molecular formula is C25H25N3O6S2. The third-order valence-corrected chi connectivity index (χ3v) is 8.40. The van der Waals surface area contributed by atoms with Crippen molar-refractivity contribution in [2.24, 2.45) is 0 Å². The predicted octanol–water partition coefficient (Wildman–Crippen LogP) is 2.03. The molecule has 11 heteroatoms. The van der Waals surface area contributed by atoms with Gasteiger partial charge in [0.05, 0.1) is 9.77 Å². The van der Waals surface area contributed by atoms with Crippen molar-refractivity contribution in [2.45, 2.75) is 10.3 Å². The Hall–Kier alpha value is -3.70. The first-order valence-corrected chi connectivity index (χ1v) is 13.7. The first-order chi connectivity index (χ1) is 17.4. The summed E-state index contributed by atoms with van der Waals surface area (Å²) in [6, 6.07) is 19.7. The fourth-order valence-electron chi connectivity index (χ4n) is 3.71. The van der Waals surface area contributed by atoms with E-state index in [9.17, 15) is 22.8 Å². The maximum absolute atomic E-state index is 13.4. The van der Waals surface area contributed by atoms with Gasteiger partial charge in [0.2, 0.25) is 15.2 Å². The Kier molecular flexibility index (Phi) is 8.01. The van der Waals surface area contributed by atoms with Crippen molar-refractivity contribution in [3.05, 3.63) is 83.1 Å². The van der Waals surface area contributed by atoms with Crippen LogP contribution in [0, 0.1) is 0 Å². The highest BCUT2D eigenvalue weighted by molar-refractivity contribution is 7.92. The minimum Gasteiger partial charge on any atom is -0.484 e. The van der Waals surface area contributed by atoms with Crippen molar-refractivity contribution in [2.75, 3.05) is 32.8 Å². The topological polar surface area (TPSA) is 113 Å². The molecule has 9 nitrogen and oxygen atoms in total. The highest BCUT2D eigenvalue weighted by atomic mass is 32.2.